The van der Waals surface area contributed by atoms with Crippen molar-refractivity contribution in [3.8, 4) is 0 Å². The minimum absolute atomic E-state index is 0.617. The quantitative estimate of drug-likeness (QED) is 0.558. The van der Waals surface area contributed by atoms with Crippen molar-refractivity contribution in [3.63, 3.8) is 0 Å². The van der Waals surface area contributed by atoms with Crippen LogP contribution < -0.4 is 0 Å². The summed E-state index contributed by atoms with van der Waals surface area (Å²) in [5.74, 6) is 0.617. The molecule has 1 aromatic carbocycles. The molecule has 2 aliphatic rings. The van der Waals surface area contributed by atoms with Gasteiger partial charge >= 0.3 is 0 Å². The molecule has 0 aliphatic heterocycles. The summed E-state index contributed by atoms with van der Waals surface area (Å²) >= 11 is 0. The molecule has 1 atom stereocenters. The topological polar surface area (TPSA) is 12.4 Å². The Labute approximate surface area is 115 Å². The molecule has 19 heavy (non-hydrogen) atoms. The van der Waals surface area contributed by atoms with Crippen LogP contribution in [0.2, 0.25) is 0 Å². The Kier molecular flexibility index (Phi) is 3.73. The monoisotopic (exact) mass is 249 g/mol. The van der Waals surface area contributed by atoms with E-state index in [0.29, 0.717) is 5.92 Å². The lowest BCUT2D eigenvalue weighted by Gasteiger charge is -2.27. The van der Waals surface area contributed by atoms with Gasteiger partial charge in [-0.15, -0.1) is 0 Å². The highest BCUT2D eigenvalue weighted by molar-refractivity contribution is 5.79. The van der Waals surface area contributed by atoms with Crippen LogP contribution in [-0.2, 0) is 0 Å². The van der Waals surface area contributed by atoms with E-state index in [2.05, 4.69) is 41.4 Å². The Balaban J connectivity index is 1.67. The van der Waals surface area contributed by atoms with Crippen molar-refractivity contribution in [2.45, 2.75) is 19.3 Å². The molecule has 0 amide bonds. The summed E-state index contributed by atoms with van der Waals surface area (Å²) in [6.07, 6.45) is 14.7. The van der Waals surface area contributed by atoms with Crippen LogP contribution in [0.1, 0.15) is 24.8 Å². The number of hydrogen-bond donors (Lipinski definition) is 0. The molecule has 0 radical (unpaired) electrons. The van der Waals surface area contributed by atoms with Crippen LogP contribution in [0.25, 0.3) is 0 Å². The zero-order valence-electron chi connectivity index (χ0n) is 11.1. The van der Waals surface area contributed by atoms with Gasteiger partial charge in [-0.2, -0.15) is 0 Å². The van der Waals surface area contributed by atoms with Gasteiger partial charge in [0.15, 0.2) is 0 Å². The van der Waals surface area contributed by atoms with Crippen molar-refractivity contribution in [3.05, 3.63) is 71.3 Å². The first kappa shape index (κ1) is 12.2. The summed E-state index contributed by atoms with van der Waals surface area (Å²) in [5.41, 5.74) is 4.27. The van der Waals surface area contributed by atoms with E-state index >= 15 is 0 Å². The fraction of sp³-hybridized carbons (Fsp3) is 0.278. The lowest BCUT2D eigenvalue weighted by molar-refractivity contribution is 0.632. The van der Waals surface area contributed by atoms with E-state index < -0.39 is 0 Å². The SMILES string of the molecule is C1=CCC2C(=C1)CCC=C2CN=Cc1ccccc1. The van der Waals surface area contributed by atoms with Crippen molar-refractivity contribution in [1.82, 2.24) is 0 Å². The van der Waals surface area contributed by atoms with Gasteiger partial charge in [-0.1, -0.05) is 60.2 Å². The van der Waals surface area contributed by atoms with E-state index in [1.54, 1.807) is 5.57 Å². The number of fused-ring (bicyclic) bond motifs is 1. The Morgan fingerprint density at radius 3 is 3.00 bits per heavy atom. The predicted octanol–water partition coefficient (Wildman–Crippen LogP) is 4.33. The molecule has 0 N–H and O–H groups in total. The third-order valence-corrected chi connectivity index (χ3v) is 3.87. The lowest BCUT2D eigenvalue weighted by atomic mass is 9.79. The maximum atomic E-state index is 4.61. The van der Waals surface area contributed by atoms with E-state index in [1.807, 2.05) is 24.4 Å². The summed E-state index contributed by atoms with van der Waals surface area (Å²) in [7, 11) is 0. The Hall–Kier alpha value is -1.89. The van der Waals surface area contributed by atoms with Crippen molar-refractivity contribution >= 4 is 6.21 Å². The Morgan fingerprint density at radius 1 is 1.21 bits per heavy atom. The first-order chi connectivity index (χ1) is 9.43. The maximum Gasteiger partial charge on any atom is 0.0605 e. The molecule has 96 valence electrons. The maximum absolute atomic E-state index is 4.61. The van der Waals surface area contributed by atoms with Crippen LogP contribution in [0, 0.1) is 5.92 Å². The highest BCUT2D eigenvalue weighted by atomic mass is 14.7. The zero-order chi connectivity index (χ0) is 12.9. The first-order valence-corrected chi connectivity index (χ1v) is 7.03. The second-order valence-corrected chi connectivity index (χ2v) is 5.16. The Bertz CT molecular complexity index is 546. The van der Waals surface area contributed by atoms with Crippen LogP contribution in [0.5, 0.6) is 0 Å². The van der Waals surface area contributed by atoms with Crippen molar-refractivity contribution in [2.75, 3.05) is 6.54 Å². The van der Waals surface area contributed by atoms with E-state index in [-0.39, 0.29) is 0 Å². The molecule has 0 fully saturated rings. The molecule has 1 unspecified atom stereocenters. The number of aliphatic imine (C=N–C) groups is 1. The van der Waals surface area contributed by atoms with Gasteiger partial charge in [0.25, 0.3) is 0 Å². The van der Waals surface area contributed by atoms with E-state index in [9.17, 15) is 0 Å². The third kappa shape index (κ3) is 2.93. The van der Waals surface area contributed by atoms with E-state index in [0.717, 1.165) is 13.0 Å². The average Bonchev–Trinajstić information content (AvgIpc) is 2.49. The summed E-state index contributed by atoms with van der Waals surface area (Å²) in [6.45, 7) is 0.838. The van der Waals surface area contributed by atoms with E-state index in [1.165, 1.54) is 24.0 Å². The molecular formula is C18H19N. The van der Waals surface area contributed by atoms with Crippen molar-refractivity contribution in [1.29, 1.82) is 0 Å². The number of benzene rings is 1. The minimum Gasteiger partial charge on any atom is -0.288 e. The standard InChI is InChI=1S/C18H19N/c1-2-7-15(8-3-1)13-19-14-17-11-6-10-16-9-4-5-12-18(16)17/h1-5,7-9,11,13,18H,6,10,12,14H2. The van der Waals surface area contributed by atoms with Crippen LogP contribution in [-0.4, -0.2) is 12.8 Å². The zero-order valence-corrected chi connectivity index (χ0v) is 11.1. The first-order valence-electron chi connectivity index (χ1n) is 7.03. The molecule has 0 bridgehead atoms. The second-order valence-electron chi connectivity index (χ2n) is 5.16. The summed E-state index contributed by atoms with van der Waals surface area (Å²) < 4.78 is 0. The van der Waals surface area contributed by atoms with Gasteiger partial charge in [-0.05, 0) is 30.4 Å². The highest BCUT2D eigenvalue weighted by Crippen LogP contribution is 2.35. The minimum atomic E-state index is 0.617. The molecular weight excluding hydrogens is 230 g/mol. The van der Waals surface area contributed by atoms with Crippen LogP contribution >= 0.6 is 0 Å². The van der Waals surface area contributed by atoms with Crippen LogP contribution in [0.3, 0.4) is 0 Å². The van der Waals surface area contributed by atoms with Crippen LogP contribution in [0.4, 0.5) is 0 Å². The average molecular weight is 249 g/mol. The number of hydrogen-bond acceptors (Lipinski definition) is 1. The lowest BCUT2D eigenvalue weighted by Crippen LogP contribution is -2.15. The molecule has 2 aliphatic carbocycles. The fourth-order valence-electron chi connectivity index (χ4n) is 2.86. The largest absolute Gasteiger partial charge is 0.288 e. The molecule has 0 saturated heterocycles. The van der Waals surface area contributed by atoms with Crippen molar-refractivity contribution < 1.29 is 0 Å². The van der Waals surface area contributed by atoms with Gasteiger partial charge in [0, 0.05) is 12.1 Å². The smallest absolute Gasteiger partial charge is 0.0605 e. The van der Waals surface area contributed by atoms with Gasteiger partial charge in [-0.3, -0.25) is 4.99 Å². The molecule has 0 spiro atoms. The molecule has 1 aromatic rings. The molecule has 0 heterocycles. The van der Waals surface area contributed by atoms with Gasteiger partial charge < -0.3 is 0 Å². The highest BCUT2D eigenvalue weighted by Gasteiger charge is 2.21. The number of rotatable bonds is 3. The fourth-order valence-corrected chi connectivity index (χ4v) is 2.86. The van der Waals surface area contributed by atoms with Gasteiger partial charge in [0.2, 0.25) is 0 Å². The normalized spacial score (nSPS) is 22.0. The molecule has 1 heteroatoms. The van der Waals surface area contributed by atoms with Crippen LogP contribution in [0.15, 0.2) is 70.8 Å². The van der Waals surface area contributed by atoms with Gasteiger partial charge in [0.1, 0.15) is 0 Å². The van der Waals surface area contributed by atoms with Gasteiger partial charge in [0.05, 0.1) is 6.54 Å². The Morgan fingerprint density at radius 2 is 2.11 bits per heavy atom. The molecule has 3 rings (SSSR count). The molecule has 0 saturated carbocycles. The van der Waals surface area contributed by atoms with Crippen molar-refractivity contribution in [2.24, 2.45) is 10.9 Å². The predicted molar refractivity (Wildman–Crippen MR) is 81.6 cm³/mol. The second kappa shape index (κ2) is 5.83. The van der Waals surface area contributed by atoms with Gasteiger partial charge in [-0.25, -0.2) is 0 Å². The molecule has 0 aromatic heterocycles. The number of nitrogens with zero attached hydrogens (tertiary/aromatic N) is 1. The number of allylic oxidation sites excluding steroid dienone is 5. The summed E-state index contributed by atoms with van der Waals surface area (Å²) in [5, 5.41) is 0. The van der Waals surface area contributed by atoms with E-state index in [4.69, 9.17) is 0 Å². The molecule has 1 nitrogen and oxygen atoms in total. The summed E-state index contributed by atoms with van der Waals surface area (Å²) in [4.78, 5) is 4.61. The third-order valence-electron chi connectivity index (χ3n) is 3.87. The summed E-state index contributed by atoms with van der Waals surface area (Å²) in [6, 6.07) is 10.3.